The quantitative estimate of drug-likeness (QED) is 0.175. The molecule has 4 rings (SSSR count). The van der Waals surface area contributed by atoms with Gasteiger partial charge < -0.3 is 22.0 Å². The standard InChI is InChI=1S/C26H23O2.BF4/c1-18-4-8-21(9-5-18)25-16-23(20-12-14-24(27-3)15-13-20)17-26(28-25)22-10-6-19(2)7-11-22;2-1(3,4)5/h4-17H,1-3H3;/q+1;-1. The Labute approximate surface area is 190 Å². The van der Waals surface area contributed by atoms with Crippen molar-refractivity contribution in [1.29, 1.82) is 0 Å². The molecule has 0 spiro atoms. The van der Waals surface area contributed by atoms with Gasteiger partial charge in [0.05, 0.1) is 30.4 Å². The van der Waals surface area contributed by atoms with E-state index in [-0.39, 0.29) is 0 Å². The summed E-state index contributed by atoms with van der Waals surface area (Å²) in [6.07, 6.45) is 0. The highest BCUT2D eigenvalue weighted by Gasteiger charge is 2.21. The van der Waals surface area contributed by atoms with Gasteiger partial charge in [0.25, 0.3) is 0 Å². The summed E-state index contributed by atoms with van der Waals surface area (Å²) in [5.74, 6) is 2.55. The molecule has 3 aromatic carbocycles. The molecule has 2 nitrogen and oxygen atoms in total. The second-order valence-corrected chi connectivity index (χ2v) is 7.53. The summed E-state index contributed by atoms with van der Waals surface area (Å²) in [6.45, 7) is 4.18. The Morgan fingerprint density at radius 3 is 1.30 bits per heavy atom. The summed E-state index contributed by atoms with van der Waals surface area (Å²) in [5, 5.41) is 0. The minimum atomic E-state index is -6.00. The fourth-order valence-corrected chi connectivity index (χ4v) is 3.17. The second-order valence-electron chi connectivity index (χ2n) is 7.53. The molecule has 7 heteroatoms. The van der Waals surface area contributed by atoms with Crippen LogP contribution in [0.2, 0.25) is 0 Å². The van der Waals surface area contributed by atoms with Crippen LogP contribution in [0.25, 0.3) is 33.8 Å². The van der Waals surface area contributed by atoms with E-state index in [4.69, 9.17) is 9.15 Å². The third-order valence-corrected chi connectivity index (χ3v) is 4.89. The van der Waals surface area contributed by atoms with Crippen molar-refractivity contribution in [2.45, 2.75) is 13.8 Å². The summed E-state index contributed by atoms with van der Waals surface area (Å²) < 4.78 is 50.6. The Balaban J connectivity index is 0.000000555. The summed E-state index contributed by atoms with van der Waals surface area (Å²) in [6, 6.07) is 29.2. The zero-order valence-electron chi connectivity index (χ0n) is 18.5. The van der Waals surface area contributed by atoms with Crippen molar-refractivity contribution in [1.82, 2.24) is 0 Å². The van der Waals surface area contributed by atoms with E-state index in [1.807, 2.05) is 12.1 Å². The average molecular weight is 454 g/mol. The molecule has 0 atom stereocenters. The first-order valence-electron chi connectivity index (χ1n) is 10.3. The van der Waals surface area contributed by atoms with Crippen LogP contribution in [0.1, 0.15) is 11.1 Å². The van der Waals surface area contributed by atoms with Gasteiger partial charge in [0.1, 0.15) is 5.75 Å². The molecule has 0 bridgehead atoms. The Bertz CT molecular complexity index is 1120. The minimum absolute atomic E-state index is 0.849. The number of benzene rings is 3. The first kappa shape index (κ1) is 24.0. The third kappa shape index (κ3) is 7.21. The number of methoxy groups -OCH3 is 1. The van der Waals surface area contributed by atoms with Gasteiger partial charge in [-0.15, -0.1) is 0 Å². The fraction of sp³-hybridized carbons (Fsp3) is 0.115. The van der Waals surface area contributed by atoms with Crippen molar-refractivity contribution in [3.05, 3.63) is 96.1 Å². The summed E-state index contributed by atoms with van der Waals surface area (Å²) >= 11 is 0. The predicted octanol–water partition coefficient (Wildman–Crippen LogP) is 8.49. The van der Waals surface area contributed by atoms with E-state index in [0.717, 1.165) is 39.5 Å². The summed E-state index contributed by atoms with van der Waals surface area (Å²) in [5.41, 5.74) is 6.82. The molecule has 0 aliphatic carbocycles. The first-order chi connectivity index (χ1) is 15.6. The summed E-state index contributed by atoms with van der Waals surface area (Å²) in [7, 11) is -4.32. The maximum Gasteiger partial charge on any atom is 0.673 e. The van der Waals surface area contributed by atoms with Crippen LogP contribution >= 0.6 is 0 Å². The largest absolute Gasteiger partial charge is 0.673 e. The van der Waals surface area contributed by atoms with Crippen molar-refractivity contribution in [3.63, 3.8) is 0 Å². The van der Waals surface area contributed by atoms with Crippen molar-refractivity contribution in [2.24, 2.45) is 0 Å². The third-order valence-electron chi connectivity index (χ3n) is 4.89. The molecule has 4 aromatic rings. The van der Waals surface area contributed by atoms with Gasteiger partial charge in [0, 0.05) is 5.56 Å². The topological polar surface area (TPSA) is 20.5 Å². The zero-order valence-corrected chi connectivity index (χ0v) is 18.5. The van der Waals surface area contributed by atoms with Gasteiger partial charge >= 0.3 is 18.8 Å². The van der Waals surface area contributed by atoms with Crippen LogP contribution in [0.3, 0.4) is 0 Å². The molecule has 1 heterocycles. The Kier molecular flexibility index (Phi) is 7.54. The Hall–Kier alpha value is -3.61. The van der Waals surface area contributed by atoms with E-state index in [0.29, 0.717) is 0 Å². The number of rotatable bonds is 4. The van der Waals surface area contributed by atoms with Crippen LogP contribution in [0.4, 0.5) is 17.3 Å². The van der Waals surface area contributed by atoms with Gasteiger partial charge in [-0.1, -0.05) is 47.5 Å². The van der Waals surface area contributed by atoms with Crippen molar-refractivity contribution < 1.29 is 26.4 Å². The van der Waals surface area contributed by atoms with Crippen LogP contribution in [-0.4, -0.2) is 14.4 Å². The molecule has 1 aromatic heterocycles. The zero-order chi connectivity index (χ0) is 24.0. The second kappa shape index (κ2) is 10.3. The lowest BCUT2D eigenvalue weighted by atomic mass is 10.0. The molecular weight excluding hydrogens is 431 g/mol. The monoisotopic (exact) mass is 454 g/mol. The molecule has 0 aliphatic heterocycles. The van der Waals surface area contributed by atoms with Gasteiger partial charge in [-0.3, -0.25) is 0 Å². The van der Waals surface area contributed by atoms with E-state index >= 15 is 0 Å². The average Bonchev–Trinajstić information content (AvgIpc) is 2.79. The SMILES string of the molecule is COc1ccc(-c2cc(-c3ccc(C)cc3)[o+]c(-c3ccc(C)cc3)c2)cc1.F[B-](F)(F)F. The van der Waals surface area contributed by atoms with E-state index in [1.165, 1.54) is 11.1 Å². The molecule has 0 fully saturated rings. The van der Waals surface area contributed by atoms with E-state index in [1.54, 1.807) is 7.11 Å². The van der Waals surface area contributed by atoms with Gasteiger partial charge in [0.2, 0.25) is 0 Å². The van der Waals surface area contributed by atoms with E-state index in [9.17, 15) is 17.3 Å². The highest BCUT2D eigenvalue weighted by molar-refractivity contribution is 6.50. The molecule has 0 amide bonds. The first-order valence-corrected chi connectivity index (χ1v) is 10.3. The molecule has 0 aliphatic rings. The molecule has 33 heavy (non-hydrogen) atoms. The van der Waals surface area contributed by atoms with Gasteiger partial charge in [-0.25, -0.2) is 4.42 Å². The molecule has 0 N–H and O–H groups in total. The maximum atomic E-state index is 9.75. The molecule has 0 unspecified atom stereocenters. The Morgan fingerprint density at radius 1 is 0.576 bits per heavy atom. The molecular formula is C26H23BF4O2. The smallest absolute Gasteiger partial charge is 0.497 e. The van der Waals surface area contributed by atoms with Crippen LogP contribution in [0.15, 0.2) is 89.3 Å². The normalized spacial score (nSPS) is 10.9. The van der Waals surface area contributed by atoms with Gasteiger partial charge in [-0.05, 0) is 55.8 Å². The van der Waals surface area contributed by atoms with Crippen LogP contribution in [0, 0.1) is 13.8 Å². The Morgan fingerprint density at radius 2 is 0.939 bits per heavy atom. The molecule has 0 saturated carbocycles. The predicted molar refractivity (Wildman–Crippen MR) is 126 cm³/mol. The van der Waals surface area contributed by atoms with Crippen LogP contribution < -0.4 is 4.74 Å². The van der Waals surface area contributed by atoms with Gasteiger partial charge in [0.15, 0.2) is 0 Å². The van der Waals surface area contributed by atoms with E-state index in [2.05, 4.69) is 86.6 Å². The van der Waals surface area contributed by atoms with Crippen LogP contribution in [-0.2, 0) is 0 Å². The highest BCUT2D eigenvalue weighted by atomic mass is 19.5. The number of halogens is 4. The molecule has 170 valence electrons. The van der Waals surface area contributed by atoms with Gasteiger partial charge in [-0.2, -0.15) is 0 Å². The number of hydrogen-bond donors (Lipinski definition) is 0. The fourth-order valence-electron chi connectivity index (χ4n) is 3.17. The summed E-state index contributed by atoms with van der Waals surface area (Å²) in [4.78, 5) is 0. The van der Waals surface area contributed by atoms with Crippen molar-refractivity contribution >= 4 is 7.25 Å². The lowest BCUT2D eigenvalue weighted by Crippen LogP contribution is -2.02. The molecule has 0 saturated heterocycles. The lowest BCUT2D eigenvalue weighted by Gasteiger charge is -2.04. The number of aryl methyl sites for hydroxylation is 2. The minimum Gasteiger partial charge on any atom is -0.497 e. The maximum absolute atomic E-state index is 9.75. The number of hydrogen-bond acceptors (Lipinski definition) is 1. The number of ether oxygens (including phenoxy) is 1. The van der Waals surface area contributed by atoms with E-state index < -0.39 is 7.25 Å². The lowest BCUT2D eigenvalue weighted by molar-refractivity contribution is 0.368. The van der Waals surface area contributed by atoms with Crippen molar-refractivity contribution in [3.8, 4) is 39.5 Å². The van der Waals surface area contributed by atoms with Crippen molar-refractivity contribution in [2.75, 3.05) is 7.11 Å². The molecule has 0 radical (unpaired) electrons. The highest BCUT2D eigenvalue weighted by Crippen LogP contribution is 2.33. The van der Waals surface area contributed by atoms with Crippen LogP contribution in [0.5, 0.6) is 5.75 Å².